The molecule has 0 unspecified atom stereocenters. The molecule has 132 valence electrons. The van der Waals surface area contributed by atoms with Crippen LogP contribution in [0.4, 0.5) is 0 Å². The highest BCUT2D eigenvalue weighted by molar-refractivity contribution is 5.91. The Bertz CT molecular complexity index is 710. The number of nitrogens with zero attached hydrogens (tertiary/aromatic N) is 2. The van der Waals surface area contributed by atoms with E-state index in [4.69, 9.17) is 4.42 Å². The van der Waals surface area contributed by atoms with E-state index in [0.717, 1.165) is 31.5 Å². The van der Waals surface area contributed by atoms with Crippen molar-refractivity contribution in [3.63, 3.8) is 0 Å². The molecule has 2 fully saturated rings. The summed E-state index contributed by atoms with van der Waals surface area (Å²) in [5.41, 5.74) is 0.0166. The fourth-order valence-electron chi connectivity index (χ4n) is 4.20. The van der Waals surface area contributed by atoms with Gasteiger partial charge in [0.15, 0.2) is 5.76 Å². The summed E-state index contributed by atoms with van der Waals surface area (Å²) in [7, 11) is 0. The van der Waals surface area contributed by atoms with Crippen LogP contribution in [-0.4, -0.2) is 53.0 Å². The molecule has 2 aliphatic heterocycles. The predicted molar refractivity (Wildman–Crippen MR) is 94.2 cm³/mol. The lowest BCUT2D eigenvalue weighted by molar-refractivity contribution is -0.0881. The van der Waals surface area contributed by atoms with E-state index in [9.17, 15) is 9.90 Å². The maximum atomic E-state index is 12.7. The topological polar surface area (TPSA) is 56.9 Å². The van der Waals surface area contributed by atoms with E-state index in [0.29, 0.717) is 25.3 Å². The minimum absolute atomic E-state index is 0.0925. The van der Waals surface area contributed by atoms with Crippen LogP contribution in [0.1, 0.15) is 35.4 Å². The Morgan fingerprint density at radius 3 is 2.52 bits per heavy atom. The van der Waals surface area contributed by atoms with Gasteiger partial charge in [-0.1, -0.05) is 30.3 Å². The van der Waals surface area contributed by atoms with Crippen LogP contribution in [0.25, 0.3) is 0 Å². The molecule has 0 aliphatic carbocycles. The van der Waals surface area contributed by atoms with E-state index in [1.165, 1.54) is 6.26 Å². The Hall–Kier alpha value is -2.11. The molecule has 1 N–H and O–H groups in total. The average molecular weight is 340 g/mol. The van der Waals surface area contributed by atoms with Crippen molar-refractivity contribution in [1.29, 1.82) is 0 Å². The van der Waals surface area contributed by atoms with Crippen molar-refractivity contribution in [2.24, 2.45) is 0 Å². The normalized spacial score (nSPS) is 27.6. The molecule has 1 aromatic carbocycles. The predicted octanol–water partition coefficient (Wildman–Crippen LogP) is 2.48. The summed E-state index contributed by atoms with van der Waals surface area (Å²) in [5.74, 6) is 0.273. The highest BCUT2D eigenvalue weighted by Gasteiger charge is 2.47. The monoisotopic (exact) mass is 340 g/mol. The summed E-state index contributed by atoms with van der Waals surface area (Å²) in [6, 6.07) is 13.2. The van der Waals surface area contributed by atoms with Crippen LogP contribution in [0.15, 0.2) is 53.1 Å². The lowest BCUT2D eigenvalue weighted by Crippen LogP contribution is -2.61. The van der Waals surface area contributed by atoms with Gasteiger partial charge in [0.25, 0.3) is 5.91 Å². The number of piperidine rings is 1. The Morgan fingerprint density at radius 1 is 1.08 bits per heavy atom. The van der Waals surface area contributed by atoms with Gasteiger partial charge in [-0.25, -0.2) is 0 Å². The van der Waals surface area contributed by atoms with Crippen molar-refractivity contribution in [3.05, 3.63) is 60.1 Å². The van der Waals surface area contributed by atoms with Gasteiger partial charge in [-0.2, -0.15) is 0 Å². The number of rotatable bonds is 3. The number of benzene rings is 1. The van der Waals surface area contributed by atoms with Crippen LogP contribution in [0, 0.1) is 0 Å². The lowest BCUT2D eigenvalue weighted by Gasteiger charge is -2.48. The molecule has 2 aliphatic rings. The molecule has 5 heteroatoms. The van der Waals surface area contributed by atoms with E-state index in [1.807, 2.05) is 35.2 Å². The maximum Gasteiger partial charge on any atom is 0.289 e. The zero-order valence-electron chi connectivity index (χ0n) is 14.3. The second-order valence-electron chi connectivity index (χ2n) is 7.03. The van der Waals surface area contributed by atoms with Crippen LogP contribution in [-0.2, 0) is 5.60 Å². The summed E-state index contributed by atoms with van der Waals surface area (Å²) in [6.07, 6.45) is 4.35. The number of hydrogen-bond acceptors (Lipinski definition) is 4. The number of furan rings is 1. The Balaban J connectivity index is 1.62. The molecule has 0 bridgehead atoms. The van der Waals surface area contributed by atoms with Crippen LogP contribution >= 0.6 is 0 Å². The van der Waals surface area contributed by atoms with Crippen LogP contribution < -0.4 is 0 Å². The van der Waals surface area contributed by atoms with E-state index >= 15 is 0 Å². The molecule has 2 aromatic rings. The second-order valence-corrected chi connectivity index (χ2v) is 7.03. The van der Waals surface area contributed by atoms with Gasteiger partial charge in [0.1, 0.15) is 5.60 Å². The smallest absolute Gasteiger partial charge is 0.289 e. The third-order valence-electron chi connectivity index (χ3n) is 5.58. The first kappa shape index (κ1) is 16.4. The quantitative estimate of drug-likeness (QED) is 0.933. The average Bonchev–Trinajstić information content (AvgIpc) is 3.36. The Morgan fingerprint density at radius 2 is 1.84 bits per heavy atom. The van der Waals surface area contributed by atoms with Crippen LogP contribution in [0.5, 0.6) is 0 Å². The number of amides is 1. The molecule has 0 saturated carbocycles. The van der Waals surface area contributed by atoms with Crippen molar-refractivity contribution in [2.75, 3.05) is 26.2 Å². The van der Waals surface area contributed by atoms with Crippen LogP contribution in [0.3, 0.4) is 0 Å². The van der Waals surface area contributed by atoms with Gasteiger partial charge in [-0.3, -0.25) is 9.69 Å². The minimum Gasteiger partial charge on any atom is -0.459 e. The number of likely N-dealkylation sites (tertiary alicyclic amines) is 2. The fraction of sp³-hybridized carbons (Fsp3) is 0.450. The van der Waals surface area contributed by atoms with Crippen molar-refractivity contribution >= 4 is 5.91 Å². The largest absolute Gasteiger partial charge is 0.459 e. The zero-order valence-corrected chi connectivity index (χ0v) is 14.3. The van der Waals surface area contributed by atoms with Gasteiger partial charge < -0.3 is 14.4 Å². The standard InChI is InChI=1S/C20H24N2O3/c23-19(17-9-6-14-25-17)22-13-10-20(24,16-7-2-1-3-8-16)18(15-22)21-11-4-5-12-21/h1-3,6-9,14,18,24H,4-5,10-13,15H2/t18-,20-/m1/s1. The molecule has 25 heavy (non-hydrogen) atoms. The third-order valence-corrected chi connectivity index (χ3v) is 5.58. The number of aliphatic hydroxyl groups is 1. The summed E-state index contributed by atoms with van der Waals surface area (Å²) in [5, 5.41) is 11.6. The molecule has 2 saturated heterocycles. The number of carbonyl (C=O) groups is 1. The van der Waals surface area contributed by atoms with Gasteiger partial charge >= 0.3 is 0 Å². The van der Waals surface area contributed by atoms with Gasteiger partial charge in [-0.05, 0) is 50.0 Å². The summed E-state index contributed by atoms with van der Waals surface area (Å²) < 4.78 is 5.28. The van der Waals surface area contributed by atoms with Gasteiger partial charge in [-0.15, -0.1) is 0 Å². The summed E-state index contributed by atoms with van der Waals surface area (Å²) >= 11 is 0. The van der Waals surface area contributed by atoms with E-state index in [2.05, 4.69) is 4.90 Å². The molecular weight excluding hydrogens is 316 g/mol. The first-order chi connectivity index (χ1) is 12.2. The second kappa shape index (κ2) is 6.65. The first-order valence-electron chi connectivity index (χ1n) is 9.03. The molecule has 0 radical (unpaired) electrons. The molecule has 2 atom stereocenters. The van der Waals surface area contributed by atoms with E-state index < -0.39 is 5.60 Å². The van der Waals surface area contributed by atoms with Gasteiger partial charge in [0, 0.05) is 13.1 Å². The van der Waals surface area contributed by atoms with Crippen molar-refractivity contribution in [2.45, 2.75) is 30.9 Å². The molecule has 1 aromatic heterocycles. The van der Waals surface area contributed by atoms with Crippen molar-refractivity contribution < 1.29 is 14.3 Å². The molecule has 4 rings (SSSR count). The van der Waals surface area contributed by atoms with Crippen molar-refractivity contribution in [1.82, 2.24) is 9.80 Å². The Kier molecular flexibility index (Phi) is 4.36. The minimum atomic E-state index is -0.925. The zero-order chi connectivity index (χ0) is 17.3. The molecule has 3 heterocycles. The van der Waals surface area contributed by atoms with E-state index in [1.54, 1.807) is 12.1 Å². The fourth-order valence-corrected chi connectivity index (χ4v) is 4.20. The molecule has 5 nitrogen and oxygen atoms in total. The maximum absolute atomic E-state index is 12.7. The highest BCUT2D eigenvalue weighted by atomic mass is 16.3. The van der Waals surface area contributed by atoms with Crippen LogP contribution in [0.2, 0.25) is 0 Å². The molecular formula is C20H24N2O3. The van der Waals surface area contributed by atoms with Gasteiger partial charge in [0.2, 0.25) is 0 Å². The lowest BCUT2D eigenvalue weighted by atomic mass is 9.79. The van der Waals surface area contributed by atoms with Gasteiger partial charge in [0.05, 0.1) is 12.3 Å². The Labute approximate surface area is 147 Å². The molecule has 1 amide bonds. The number of carbonyl (C=O) groups excluding carboxylic acids is 1. The highest BCUT2D eigenvalue weighted by Crippen LogP contribution is 2.37. The third kappa shape index (κ3) is 2.98. The SMILES string of the molecule is O=C(c1ccco1)N1CC[C@@](O)(c2ccccc2)[C@H](N2CCCC2)C1. The summed E-state index contributed by atoms with van der Waals surface area (Å²) in [4.78, 5) is 16.9. The van der Waals surface area contributed by atoms with E-state index in [-0.39, 0.29) is 11.9 Å². The number of hydrogen-bond donors (Lipinski definition) is 1. The summed E-state index contributed by atoms with van der Waals surface area (Å²) in [6.45, 7) is 2.99. The molecule has 0 spiro atoms. The van der Waals surface area contributed by atoms with Crippen molar-refractivity contribution in [3.8, 4) is 0 Å². The first-order valence-corrected chi connectivity index (χ1v) is 9.03.